The second kappa shape index (κ2) is 2.80. The van der Waals surface area contributed by atoms with Crippen LogP contribution in [0.15, 0.2) is 18.6 Å². The Kier molecular flexibility index (Phi) is 1.76. The molecule has 0 atom stereocenters. The molecule has 1 saturated carbocycles. The highest BCUT2D eigenvalue weighted by Crippen LogP contribution is 2.34. The molecule has 2 rings (SSSR count). The Morgan fingerprint density at radius 1 is 1.62 bits per heavy atom. The van der Waals surface area contributed by atoms with Crippen molar-refractivity contribution in [2.75, 3.05) is 0 Å². The van der Waals surface area contributed by atoms with Crippen molar-refractivity contribution in [1.29, 1.82) is 0 Å². The number of amides is 1. The summed E-state index contributed by atoms with van der Waals surface area (Å²) in [5.74, 6) is -0.109. The van der Waals surface area contributed by atoms with Crippen LogP contribution in [0.4, 0.5) is 0 Å². The van der Waals surface area contributed by atoms with Crippen LogP contribution < -0.4 is 5.32 Å². The largest absolute Gasteiger partial charge is 0.346 e. The molecule has 4 heteroatoms. The van der Waals surface area contributed by atoms with E-state index in [0.717, 1.165) is 12.8 Å². The SMILES string of the molecule is CC1(NC(=O)c2ccncn2)CC1. The summed E-state index contributed by atoms with van der Waals surface area (Å²) in [6, 6.07) is 1.61. The molecule has 1 aromatic rings. The zero-order chi connectivity index (χ0) is 9.31. The first-order valence-corrected chi connectivity index (χ1v) is 4.28. The molecule has 1 heterocycles. The summed E-state index contributed by atoms with van der Waals surface area (Å²) < 4.78 is 0. The summed E-state index contributed by atoms with van der Waals surface area (Å²) in [6.07, 6.45) is 5.06. The molecule has 4 nitrogen and oxygen atoms in total. The van der Waals surface area contributed by atoms with Crippen molar-refractivity contribution in [1.82, 2.24) is 15.3 Å². The van der Waals surface area contributed by atoms with E-state index in [9.17, 15) is 4.79 Å². The second-order valence-electron chi connectivity index (χ2n) is 3.61. The lowest BCUT2D eigenvalue weighted by Crippen LogP contribution is -2.34. The quantitative estimate of drug-likeness (QED) is 0.725. The minimum atomic E-state index is -0.109. The molecule has 13 heavy (non-hydrogen) atoms. The van der Waals surface area contributed by atoms with Gasteiger partial charge in [-0.15, -0.1) is 0 Å². The third kappa shape index (κ3) is 1.83. The fraction of sp³-hybridized carbons (Fsp3) is 0.444. The molecular formula is C9H11N3O. The van der Waals surface area contributed by atoms with E-state index in [-0.39, 0.29) is 11.4 Å². The highest BCUT2D eigenvalue weighted by atomic mass is 16.2. The zero-order valence-corrected chi connectivity index (χ0v) is 7.45. The van der Waals surface area contributed by atoms with E-state index >= 15 is 0 Å². The molecule has 1 aromatic heterocycles. The molecule has 0 unspecified atom stereocenters. The maximum absolute atomic E-state index is 11.5. The first kappa shape index (κ1) is 8.16. The van der Waals surface area contributed by atoms with Gasteiger partial charge >= 0.3 is 0 Å². The molecule has 1 aliphatic rings. The fourth-order valence-corrected chi connectivity index (χ4v) is 1.08. The summed E-state index contributed by atoms with van der Waals surface area (Å²) in [6.45, 7) is 2.03. The number of carbonyl (C=O) groups is 1. The molecule has 0 saturated heterocycles. The van der Waals surface area contributed by atoms with E-state index in [4.69, 9.17) is 0 Å². The van der Waals surface area contributed by atoms with Crippen LogP contribution in [0, 0.1) is 0 Å². The third-order valence-corrected chi connectivity index (χ3v) is 2.23. The number of hydrogen-bond donors (Lipinski definition) is 1. The van der Waals surface area contributed by atoms with E-state index in [1.165, 1.54) is 6.33 Å². The van der Waals surface area contributed by atoms with Crippen LogP contribution in [0.25, 0.3) is 0 Å². The lowest BCUT2D eigenvalue weighted by molar-refractivity contribution is 0.0930. The summed E-state index contributed by atoms with van der Waals surface area (Å²) in [5, 5.41) is 2.92. The van der Waals surface area contributed by atoms with Crippen LogP contribution in [-0.4, -0.2) is 21.4 Å². The van der Waals surface area contributed by atoms with Gasteiger partial charge in [-0.05, 0) is 25.8 Å². The first-order chi connectivity index (χ1) is 6.20. The van der Waals surface area contributed by atoms with Gasteiger partial charge in [0.25, 0.3) is 5.91 Å². The van der Waals surface area contributed by atoms with Gasteiger partial charge in [0.15, 0.2) is 0 Å². The monoisotopic (exact) mass is 177 g/mol. The Bertz CT molecular complexity index is 319. The predicted molar refractivity (Wildman–Crippen MR) is 47.1 cm³/mol. The lowest BCUT2D eigenvalue weighted by atomic mass is 10.3. The number of aromatic nitrogens is 2. The molecule has 1 N–H and O–H groups in total. The smallest absolute Gasteiger partial charge is 0.270 e. The van der Waals surface area contributed by atoms with Crippen molar-refractivity contribution in [3.05, 3.63) is 24.3 Å². The van der Waals surface area contributed by atoms with Gasteiger partial charge in [0.05, 0.1) is 0 Å². The van der Waals surface area contributed by atoms with Crippen LogP contribution in [-0.2, 0) is 0 Å². The topological polar surface area (TPSA) is 54.9 Å². The average Bonchev–Trinajstić information content (AvgIpc) is 2.85. The van der Waals surface area contributed by atoms with Crippen molar-refractivity contribution in [2.45, 2.75) is 25.3 Å². The Morgan fingerprint density at radius 2 is 2.38 bits per heavy atom. The van der Waals surface area contributed by atoms with Crippen LogP contribution >= 0.6 is 0 Å². The van der Waals surface area contributed by atoms with Crippen molar-refractivity contribution in [3.63, 3.8) is 0 Å². The van der Waals surface area contributed by atoms with Crippen molar-refractivity contribution < 1.29 is 4.79 Å². The lowest BCUT2D eigenvalue weighted by Gasteiger charge is -2.09. The normalized spacial score (nSPS) is 17.9. The van der Waals surface area contributed by atoms with Crippen molar-refractivity contribution >= 4 is 5.91 Å². The highest BCUT2D eigenvalue weighted by molar-refractivity contribution is 5.92. The van der Waals surface area contributed by atoms with Crippen molar-refractivity contribution in [2.24, 2.45) is 0 Å². The van der Waals surface area contributed by atoms with Gasteiger partial charge in [0.2, 0.25) is 0 Å². The molecule has 0 aromatic carbocycles. The number of hydrogen-bond acceptors (Lipinski definition) is 3. The summed E-state index contributed by atoms with van der Waals surface area (Å²) >= 11 is 0. The molecule has 1 amide bonds. The zero-order valence-electron chi connectivity index (χ0n) is 7.45. The van der Waals surface area contributed by atoms with E-state index in [1.54, 1.807) is 12.3 Å². The number of rotatable bonds is 2. The summed E-state index contributed by atoms with van der Waals surface area (Å²) in [4.78, 5) is 19.1. The average molecular weight is 177 g/mol. The van der Waals surface area contributed by atoms with Crippen LogP contribution in [0.2, 0.25) is 0 Å². The maximum atomic E-state index is 11.5. The van der Waals surface area contributed by atoms with E-state index in [1.807, 2.05) is 6.92 Å². The van der Waals surface area contributed by atoms with Gasteiger partial charge in [0, 0.05) is 11.7 Å². The summed E-state index contributed by atoms with van der Waals surface area (Å²) in [5.41, 5.74) is 0.449. The molecular weight excluding hydrogens is 166 g/mol. The number of carbonyl (C=O) groups excluding carboxylic acids is 1. The number of nitrogens with zero attached hydrogens (tertiary/aromatic N) is 2. The molecule has 0 bridgehead atoms. The molecule has 1 aliphatic carbocycles. The van der Waals surface area contributed by atoms with Crippen LogP contribution in [0.3, 0.4) is 0 Å². The van der Waals surface area contributed by atoms with Gasteiger partial charge in [-0.1, -0.05) is 0 Å². The third-order valence-electron chi connectivity index (χ3n) is 2.23. The van der Waals surface area contributed by atoms with Crippen LogP contribution in [0.1, 0.15) is 30.3 Å². The maximum Gasteiger partial charge on any atom is 0.270 e. The Morgan fingerprint density at radius 3 is 2.92 bits per heavy atom. The van der Waals surface area contributed by atoms with Crippen LogP contribution in [0.5, 0.6) is 0 Å². The second-order valence-corrected chi connectivity index (χ2v) is 3.61. The Labute approximate surface area is 76.4 Å². The van der Waals surface area contributed by atoms with Gasteiger partial charge in [0.1, 0.15) is 12.0 Å². The summed E-state index contributed by atoms with van der Waals surface area (Å²) in [7, 11) is 0. The van der Waals surface area contributed by atoms with E-state index < -0.39 is 0 Å². The first-order valence-electron chi connectivity index (χ1n) is 4.28. The Hall–Kier alpha value is -1.45. The van der Waals surface area contributed by atoms with E-state index in [0.29, 0.717) is 5.69 Å². The Balaban J connectivity index is 2.06. The van der Waals surface area contributed by atoms with Gasteiger partial charge in [-0.25, -0.2) is 9.97 Å². The van der Waals surface area contributed by atoms with Gasteiger partial charge in [-0.2, -0.15) is 0 Å². The fourth-order valence-electron chi connectivity index (χ4n) is 1.08. The van der Waals surface area contributed by atoms with Gasteiger partial charge in [-0.3, -0.25) is 4.79 Å². The van der Waals surface area contributed by atoms with Gasteiger partial charge < -0.3 is 5.32 Å². The molecule has 0 radical (unpaired) electrons. The molecule has 68 valence electrons. The highest BCUT2D eigenvalue weighted by Gasteiger charge is 2.38. The van der Waals surface area contributed by atoms with E-state index in [2.05, 4.69) is 15.3 Å². The molecule has 0 spiro atoms. The standard InChI is InChI=1S/C9H11N3O/c1-9(3-4-9)12-8(13)7-2-5-10-6-11-7/h2,5-6H,3-4H2,1H3,(H,12,13). The molecule has 1 fully saturated rings. The number of nitrogens with one attached hydrogen (secondary N) is 1. The minimum absolute atomic E-state index is 0.0159. The minimum Gasteiger partial charge on any atom is -0.346 e. The van der Waals surface area contributed by atoms with Crippen molar-refractivity contribution in [3.8, 4) is 0 Å². The predicted octanol–water partition coefficient (Wildman–Crippen LogP) is 0.759. The molecule has 0 aliphatic heterocycles.